The van der Waals surface area contributed by atoms with E-state index in [1.807, 2.05) is 10.9 Å². The topological polar surface area (TPSA) is 29.9 Å². The number of rotatable bonds is 5. The van der Waals surface area contributed by atoms with Gasteiger partial charge in [-0.1, -0.05) is 13.0 Å². The van der Waals surface area contributed by atoms with Crippen LogP contribution in [0.5, 0.6) is 0 Å². The van der Waals surface area contributed by atoms with E-state index >= 15 is 0 Å². The largest absolute Gasteiger partial charge is 0.380 e. The maximum atomic E-state index is 4.32. The van der Waals surface area contributed by atoms with Gasteiger partial charge in [-0.25, -0.2) is 0 Å². The van der Waals surface area contributed by atoms with Crippen molar-refractivity contribution in [3.05, 3.63) is 46.2 Å². The number of benzene rings is 1. The first-order valence-electron chi connectivity index (χ1n) is 6.20. The summed E-state index contributed by atoms with van der Waals surface area (Å²) in [5.41, 5.74) is 3.57. The Bertz CT molecular complexity index is 520. The summed E-state index contributed by atoms with van der Waals surface area (Å²) in [5.74, 6) is 0. The van der Waals surface area contributed by atoms with Crippen molar-refractivity contribution < 1.29 is 0 Å². The predicted molar refractivity (Wildman–Crippen MR) is 78.7 cm³/mol. The van der Waals surface area contributed by atoms with Gasteiger partial charge in [0.15, 0.2) is 0 Å². The fourth-order valence-electron chi connectivity index (χ4n) is 1.81. The highest BCUT2D eigenvalue weighted by molar-refractivity contribution is 9.10. The minimum absolute atomic E-state index is 0.797. The quantitative estimate of drug-likeness (QED) is 0.905. The molecule has 0 spiro atoms. The van der Waals surface area contributed by atoms with Gasteiger partial charge in [0.25, 0.3) is 0 Å². The molecule has 0 radical (unpaired) electrons. The molecule has 1 aromatic carbocycles. The monoisotopic (exact) mass is 307 g/mol. The Morgan fingerprint density at radius 1 is 1.39 bits per heavy atom. The standard InChI is InChI=1S/C14H18BrN3/c1-3-6-18-10-12(9-17-18)8-16-14-5-4-11(2)7-13(14)15/h4-5,7,9-10,16H,3,6,8H2,1-2H3. The maximum Gasteiger partial charge on any atom is 0.0539 e. The van der Waals surface area contributed by atoms with Gasteiger partial charge < -0.3 is 5.32 Å². The van der Waals surface area contributed by atoms with Gasteiger partial charge in [-0.05, 0) is 47.0 Å². The van der Waals surface area contributed by atoms with E-state index in [2.05, 4.69) is 64.6 Å². The van der Waals surface area contributed by atoms with E-state index in [9.17, 15) is 0 Å². The van der Waals surface area contributed by atoms with Crippen LogP contribution in [-0.2, 0) is 13.1 Å². The molecule has 1 aromatic heterocycles. The van der Waals surface area contributed by atoms with Crippen molar-refractivity contribution in [3.8, 4) is 0 Å². The van der Waals surface area contributed by atoms with E-state index < -0.39 is 0 Å². The summed E-state index contributed by atoms with van der Waals surface area (Å²) in [4.78, 5) is 0. The first-order chi connectivity index (χ1) is 8.69. The van der Waals surface area contributed by atoms with Crippen LogP contribution in [0.15, 0.2) is 35.1 Å². The van der Waals surface area contributed by atoms with Crippen LogP contribution < -0.4 is 5.32 Å². The second-order valence-corrected chi connectivity index (χ2v) is 5.30. The van der Waals surface area contributed by atoms with Crippen LogP contribution in [0, 0.1) is 6.92 Å². The normalized spacial score (nSPS) is 10.6. The lowest BCUT2D eigenvalue weighted by atomic mass is 10.2. The molecule has 3 nitrogen and oxygen atoms in total. The summed E-state index contributed by atoms with van der Waals surface area (Å²) in [6, 6.07) is 6.31. The molecule has 1 heterocycles. The van der Waals surface area contributed by atoms with Crippen LogP contribution in [0.2, 0.25) is 0 Å². The molecule has 0 amide bonds. The number of aromatic nitrogens is 2. The fraction of sp³-hybridized carbons (Fsp3) is 0.357. The molecule has 0 aliphatic heterocycles. The molecule has 0 saturated heterocycles. The first kappa shape index (κ1) is 13.1. The van der Waals surface area contributed by atoms with Crippen LogP contribution in [0.3, 0.4) is 0 Å². The number of halogens is 1. The molecule has 0 unspecified atom stereocenters. The van der Waals surface area contributed by atoms with Gasteiger partial charge in [0.05, 0.1) is 6.20 Å². The molecule has 0 saturated carbocycles. The van der Waals surface area contributed by atoms with Crippen molar-refractivity contribution in [1.82, 2.24) is 9.78 Å². The molecular formula is C14H18BrN3. The summed E-state index contributed by atoms with van der Waals surface area (Å²) in [6.07, 6.45) is 5.13. The summed E-state index contributed by atoms with van der Waals surface area (Å²) in [7, 11) is 0. The van der Waals surface area contributed by atoms with Gasteiger partial charge in [0, 0.05) is 35.0 Å². The number of anilines is 1. The molecule has 18 heavy (non-hydrogen) atoms. The lowest BCUT2D eigenvalue weighted by Gasteiger charge is -2.07. The third kappa shape index (κ3) is 3.35. The third-order valence-electron chi connectivity index (χ3n) is 2.75. The molecular weight excluding hydrogens is 290 g/mol. The Kier molecular flexibility index (Phi) is 4.42. The van der Waals surface area contributed by atoms with Gasteiger partial charge in [-0.2, -0.15) is 5.10 Å². The zero-order valence-electron chi connectivity index (χ0n) is 10.8. The molecule has 0 aliphatic rings. The number of hydrogen-bond acceptors (Lipinski definition) is 2. The van der Waals surface area contributed by atoms with E-state index in [-0.39, 0.29) is 0 Å². The number of aryl methyl sites for hydroxylation is 2. The molecule has 96 valence electrons. The zero-order valence-corrected chi connectivity index (χ0v) is 12.4. The molecule has 2 aromatic rings. The van der Waals surface area contributed by atoms with Gasteiger partial charge in [0.2, 0.25) is 0 Å². The Balaban J connectivity index is 1.97. The highest BCUT2D eigenvalue weighted by Crippen LogP contribution is 2.23. The highest BCUT2D eigenvalue weighted by atomic mass is 79.9. The third-order valence-corrected chi connectivity index (χ3v) is 3.40. The van der Waals surface area contributed by atoms with Crippen LogP contribution in [0.25, 0.3) is 0 Å². The Labute approximate surface area is 116 Å². The second-order valence-electron chi connectivity index (χ2n) is 4.45. The number of hydrogen-bond donors (Lipinski definition) is 1. The average Bonchev–Trinajstić information content (AvgIpc) is 2.76. The smallest absolute Gasteiger partial charge is 0.0539 e. The fourth-order valence-corrected chi connectivity index (χ4v) is 2.44. The van der Waals surface area contributed by atoms with Crippen molar-refractivity contribution in [2.24, 2.45) is 0 Å². The Morgan fingerprint density at radius 3 is 2.94 bits per heavy atom. The molecule has 1 N–H and O–H groups in total. The summed E-state index contributed by atoms with van der Waals surface area (Å²) < 4.78 is 3.09. The van der Waals surface area contributed by atoms with E-state index in [4.69, 9.17) is 0 Å². The average molecular weight is 308 g/mol. The molecule has 0 fully saturated rings. The Morgan fingerprint density at radius 2 is 2.22 bits per heavy atom. The molecule has 0 bridgehead atoms. The van der Waals surface area contributed by atoms with E-state index in [1.54, 1.807) is 0 Å². The SMILES string of the molecule is CCCn1cc(CNc2ccc(C)cc2Br)cn1. The summed E-state index contributed by atoms with van der Waals surface area (Å²) in [5, 5.41) is 7.73. The van der Waals surface area contributed by atoms with E-state index in [0.29, 0.717) is 0 Å². The second kappa shape index (κ2) is 6.05. The van der Waals surface area contributed by atoms with Crippen molar-refractivity contribution in [1.29, 1.82) is 0 Å². The summed E-state index contributed by atoms with van der Waals surface area (Å²) >= 11 is 3.57. The lowest BCUT2D eigenvalue weighted by molar-refractivity contribution is 0.602. The number of nitrogens with one attached hydrogen (secondary N) is 1. The van der Waals surface area contributed by atoms with Gasteiger partial charge in [-0.3, -0.25) is 4.68 Å². The molecule has 2 rings (SSSR count). The lowest BCUT2D eigenvalue weighted by Crippen LogP contribution is -2.00. The molecule has 0 atom stereocenters. The van der Waals surface area contributed by atoms with Crippen molar-refractivity contribution in [2.45, 2.75) is 33.4 Å². The minimum atomic E-state index is 0.797. The van der Waals surface area contributed by atoms with Gasteiger partial charge in [-0.15, -0.1) is 0 Å². The van der Waals surface area contributed by atoms with E-state index in [1.165, 1.54) is 11.1 Å². The van der Waals surface area contributed by atoms with Crippen molar-refractivity contribution in [2.75, 3.05) is 5.32 Å². The zero-order chi connectivity index (χ0) is 13.0. The molecule has 0 aliphatic carbocycles. The van der Waals surface area contributed by atoms with Crippen molar-refractivity contribution >= 4 is 21.6 Å². The Hall–Kier alpha value is -1.29. The first-order valence-corrected chi connectivity index (χ1v) is 6.99. The minimum Gasteiger partial charge on any atom is -0.380 e. The van der Waals surface area contributed by atoms with Crippen LogP contribution in [0.1, 0.15) is 24.5 Å². The highest BCUT2D eigenvalue weighted by Gasteiger charge is 2.01. The van der Waals surface area contributed by atoms with Crippen LogP contribution in [0.4, 0.5) is 5.69 Å². The predicted octanol–water partition coefficient (Wildman–Crippen LogP) is 3.98. The molecule has 4 heteroatoms. The van der Waals surface area contributed by atoms with E-state index in [0.717, 1.165) is 29.7 Å². The van der Waals surface area contributed by atoms with Crippen molar-refractivity contribution in [3.63, 3.8) is 0 Å². The number of nitrogens with zero attached hydrogens (tertiary/aromatic N) is 2. The van der Waals surface area contributed by atoms with Crippen LogP contribution >= 0.6 is 15.9 Å². The van der Waals surface area contributed by atoms with Gasteiger partial charge >= 0.3 is 0 Å². The summed E-state index contributed by atoms with van der Waals surface area (Å²) in [6.45, 7) is 6.02. The maximum absolute atomic E-state index is 4.32. The van der Waals surface area contributed by atoms with Crippen LogP contribution in [-0.4, -0.2) is 9.78 Å². The van der Waals surface area contributed by atoms with Gasteiger partial charge in [0.1, 0.15) is 0 Å².